The van der Waals surface area contributed by atoms with E-state index in [0.29, 0.717) is 37.7 Å². The van der Waals surface area contributed by atoms with Gasteiger partial charge in [0.2, 0.25) is 5.75 Å². The highest BCUT2D eigenvalue weighted by atomic mass is 19.1. The molecule has 1 aromatic carbocycles. The van der Waals surface area contributed by atoms with Crippen LogP contribution in [0.15, 0.2) is 48.0 Å². The lowest BCUT2D eigenvalue weighted by Crippen LogP contribution is -2.42. The number of hydrogen-bond donors (Lipinski definition) is 3. The molecular weight excluding hydrogens is 411 g/mol. The van der Waals surface area contributed by atoms with Crippen LogP contribution in [0.3, 0.4) is 0 Å². The van der Waals surface area contributed by atoms with Crippen molar-refractivity contribution >= 4 is 5.70 Å². The molecule has 1 unspecified atom stereocenters. The van der Waals surface area contributed by atoms with Crippen molar-refractivity contribution in [2.75, 3.05) is 6.54 Å². The van der Waals surface area contributed by atoms with Gasteiger partial charge in [0.15, 0.2) is 0 Å². The number of nitrogens with one attached hydrogen (secondary N) is 2. The van der Waals surface area contributed by atoms with E-state index < -0.39 is 11.3 Å². The highest BCUT2D eigenvalue weighted by Gasteiger charge is 2.29. The number of aromatic nitrogens is 4. The molecule has 0 fully saturated rings. The minimum absolute atomic E-state index is 0.130. The zero-order valence-corrected chi connectivity index (χ0v) is 18.6. The van der Waals surface area contributed by atoms with Gasteiger partial charge in [0.25, 0.3) is 5.56 Å². The number of aromatic amines is 1. The van der Waals surface area contributed by atoms with Crippen LogP contribution in [-0.2, 0) is 19.6 Å². The van der Waals surface area contributed by atoms with Gasteiger partial charge < -0.3 is 10.4 Å². The minimum Gasteiger partial charge on any atom is -0.501 e. The van der Waals surface area contributed by atoms with Crippen molar-refractivity contribution in [3.8, 4) is 5.75 Å². The molecular formula is C23H29FN6O2. The van der Waals surface area contributed by atoms with Crippen LogP contribution in [-0.4, -0.2) is 36.3 Å². The van der Waals surface area contributed by atoms with Crippen molar-refractivity contribution in [3.05, 3.63) is 82.1 Å². The Morgan fingerprint density at radius 1 is 1.28 bits per heavy atom. The topological polar surface area (TPSA) is 99.1 Å². The molecule has 0 spiro atoms. The highest BCUT2D eigenvalue weighted by Crippen LogP contribution is 2.27. The van der Waals surface area contributed by atoms with Crippen molar-refractivity contribution in [2.45, 2.75) is 46.4 Å². The normalized spacial score (nSPS) is 15.4. The SMILES string of the molecule is C=C(NCc1ccc(F)cc1)c1nc2n(c(=O)c1O)CCN(Cc1cn[nH]c1)C2C.CC. The van der Waals surface area contributed by atoms with E-state index in [4.69, 9.17) is 0 Å². The van der Waals surface area contributed by atoms with Crippen LogP contribution in [0.5, 0.6) is 5.75 Å². The van der Waals surface area contributed by atoms with Crippen LogP contribution in [0.4, 0.5) is 4.39 Å². The molecule has 0 radical (unpaired) electrons. The van der Waals surface area contributed by atoms with Gasteiger partial charge in [-0.15, -0.1) is 0 Å². The van der Waals surface area contributed by atoms with Gasteiger partial charge in [-0.25, -0.2) is 9.37 Å². The van der Waals surface area contributed by atoms with Gasteiger partial charge in [-0.05, 0) is 24.6 Å². The average Bonchev–Trinajstić information content (AvgIpc) is 3.32. The quantitative estimate of drug-likeness (QED) is 0.545. The molecule has 9 heteroatoms. The lowest BCUT2D eigenvalue weighted by molar-refractivity contribution is 0.150. The van der Waals surface area contributed by atoms with Crippen LogP contribution < -0.4 is 10.9 Å². The third kappa shape index (κ3) is 4.88. The molecule has 0 aliphatic carbocycles. The van der Waals surface area contributed by atoms with E-state index in [2.05, 4.69) is 32.0 Å². The summed E-state index contributed by atoms with van der Waals surface area (Å²) in [7, 11) is 0. The van der Waals surface area contributed by atoms with Gasteiger partial charge >= 0.3 is 0 Å². The molecule has 2 aromatic heterocycles. The predicted octanol–water partition coefficient (Wildman–Crippen LogP) is 3.17. The first-order chi connectivity index (χ1) is 15.4. The molecule has 170 valence electrons. The Morgan fingerprint density at radius 2 is 2.00 bits per heavy atom. The second-order valence-corrected chi connectivity index (χ2v) is 7.34. The van der Waals surface area contributed by atoms with Gasteiger partial charge in [-0.3, -0.25) is 19.4 Å². The minimum atomic E-state index is -0.477. The standard InChI is InChI=1S/C21H23FN6O2.C2H6/c1-13(23-9-15-3-5-17(22)6-4-15)18-19(29)21(30)28-8-7-27(14(2)20(28)26-18)12-16-10-24-25-11-16;1-2/h3-6,10-11,14,23,29H,1,7-9,12H2,2H3,(H,24,25);1-2H3. The van der Waals surface area contributed by atoms with E-state index in [9.17, 15) is 14.3 Å². The number of H-pyrrole nitrogens is 1. The zero-order chi connectivity index (χ0) is 23.3. The molecule has 0 bridgehead atoms. The lowest BCUT2D eigenvalue weighted by atomic mass is 10.1. The fraction of sp³-hybridized carbons (Fsp3) is 0.348. The number of nitrogens with zero attached hydrogens (tertiary/aromatic N) is 4. The molecule has 1 atom stereocenters. The van der Waals surface area contributed by atoms with Crippen LogP contribution in [0, 0.1) is 5.82 Å². The zero-order valence-electron chi connectivity index (χ0n) is 18.6. The molecule has 4 rings (SSSR count). The van der Waals surface area contributed by atoms with Crippen LogP contribution in [0.2, 0.25) is 0 Å². The van der Waals surface area contributed by atoms with E-state index in [0.717, 1.165) is 11.1 Å². The maximum atomic E-state index is 13.1. The molecule has 3 heterocycles. The Morgan fingerprint density at radius 3 is 2.66 bits per heavy atom. The number of rotatable bonds is 6. The molecule has 3 aromatic rings. The molecule has 3 N–H and O–H groups in total. The molecule has 0 amide bonds. The van der Waals surface area contributed by atoms with Gasteiger partial charge in [0, 0.05) is 37.9 Å². The van der Waals surface area contributed by atoms with Crippen molar-refractivity contribution in [1.29, 1.82) is 0 Å². The molecule has 8 nitrogen and oxygen atoms in total. The van der Waals surface area contributed by atoms with Crippen LogP contribution in [0.1, 0.15) is 49.5 Å². The van der Waals surface area contributed by atoms with E-state index in [1.54, 1.807) is 18.3 Å². The maximum Gasteiger partial charge on any atom is 0.296 e. The van der Waals surface area contributed by atoms with Gasteiger partial charge in [0.1, 0.15) is 17.3 Å². The molecule has 32 heavy (non-hydrogen) atoms. The van der Waals surface area contributed by atoms with Crippen LogP contribution >= 0.6 is 0 Å². The molecule has 0 saturated heterocycles. The summed E-state index contributed by atoms with van der Waals surface area (Å²) in [5, 5.41) is 20.3. The second kappa shape index (κ2) is 10.2. The summed E-state index contributed by atoms with van der Waals surface area (Å²) in [4.78, 5) is 19.5. The molecule has 1 aliphatic rings. The Hall–Kier alpha value is -3.46. The van der Waals surface area contributed by atoms with E-state index in [1.807, 2.05) is 27.0 Å². The first kappa shape index (κ1) is 23.2. The maximum absolute atomic E-state index is 13.1. The second-order valence-electron chi connectivity index (χ2n) is 7.34. The number of benzene rings is 1. The molecule has 0 saturated carbocycles. The highest BCUT2D eigenvalue weighted by molar-refractivity contribution is 5.63. The summed E-state index contributed by atoms with van der Waals surface area (Å²) in [5.74, 6) is -0.160. The number of aromatic hydroxyl groups is 1. The summed E-state index contributed by atoms with van der Waals surface area (Å²) in [6.07, 6.45) is 3.61. The smallest absolute Gasteiger partial charge is 0.296 e. The Labute approximate surface area is 186 Å². The fourth-order valence-corrected chi connectivity index (χ4v) is 3.60. The Balaban J connectivity index is 0.00000141. The van der Waals surface area contributed by atoms with E-state index >= 15 is 0 Å². The van der Waals surface area contributed by atoms with E-state index in [1.165, 1.54) is 16.7 Å². The van der Waals surface area contributed by atoms with Crippen molar-refractivity contribution < 1.29 is 9.50 Å². The first-order valence-electron chi connectivity index (χ1n) is 10.7. The molecule has 1 aliphatic heterocycles. The third-order valence-electron chi connectivity index (χ3n) is 5.35. The lowest BCUT2D eigenvalue weighted by Gasteiger charge is -2.35. The van der Waals surface area contributed by atoms with Crippen molar-refractivity contribution in [1.82, 2.24) is 30.0 Å². The Kier molecular flexibility index (Phi) is 7.42. The van der Waals surface area contributed by atoms with Crippen LogP contribution in [0.25, 0.3) is 5.70 Å². The van der Waals surface area contributed by atoms with E-state index in [-0.39, 0.29) is 17.6 Å². The largest absolute Gasteiger partial charge is 0.501 e. The number of hydrogen-bond acceptors (Lipinski definition) is 6. The third-order valence-corrected chi connectivity index (χ3v) is 5.35. The van der Waals surface area contributed by atoms with Gasteiger partial charge in [-0.2, -0.15) is 5.10 Å². The number of halogens is 1. The average molecular weight is 441 g/mol. The van der Waals surface area contributed by atoms with Gasteiger partial charge in [0.05, 0.1) is 17.9 Å². The Bertz CT molecular complexity index is 1110. The summed E-state index contributed by atoms with van der Waals surface area (Å²) >= 11 is 0. The monoisotopic (exact) mass is 440 g/mol. The summed E-state index contributed by atoms with van der Waals surface area (Å²) in [6.45, 7) is 12.0. The first-order valence-corrected chi connectivity index (χ1v) is 10.7. The fourth-order valence-electron chi connectivity index (χ4n) is 3.60. The predicted molar refractivity (Wildman–Crippen MR) is 121 cm³/mol. The number of fused-ring (bicyclic) bond motifs is 1. The van der Waals surface area contributed by atoms with Crippen molar-refractivity contribution in [2.24, 2.45) is 0 Å². The summed E-state index contributed by atoms with van der Waals surface area (Å²) in [6, 6.07) is 5.92. The van der Waals surface area contributed by atoms with Crippen molar-refractivity contribution in [3.63, 3.8) is 0 Å². The van der Waals surface area contributed by atoms with Gasteiger partial charge in [-0.1, -0.05) is 32.6 Å². The summed E-state index contributed by atoms with van der Waals surface area (Å²) in [5.41, 5.74) is 1.87. The summed E-state index contributed by atoms with van der Waals surface area (Å²) < 4.78 is 14.6.